The minimum atomic E-state index is -1.16. The Labute approximate surface area is 150 Å². The van der Waals surface area contributed by atoms with E-state index in [0.29, 0.717) is 24.1 Å². The molecule has 0 aromatic heterocycles. The SMILES string of the molecule is CN(C)c1ccc([N+](=O)[O-])cc1C=C1C(=O)OC2(CCCCC2)OC1=O. The van der Waals surface area contributed by atoms with Crippen LogP contribution in [0.1, 0.15) is 37.7 Å². The van der Waals surface area contributed by atoms with Crippen molar-refractivity contribution in [2.75, 3.05) is 19.0 Å². The summed E-state index contributed by atoms with van der Waals surface area (Å²) in [6, 6.07) is 4.24. The Kier molecular flexibility index (Phi) is 4.67. The lowest BCUT2D eigenvalue weighted by Gasteiger charge is -2.38. The first-order valence-electron chi connectivity index (χ1n) is 8.45. The summed E-state index contributed by atoms with van der Waals surface area (Å²) in [5.41, 5.74) is 0.600. The third-order valence-corrected chi connectivity index (χ3v) is 4.62. The van der Waals surface area contributed by atoms with Crippen LogP contribution in [0.15, 0.2) is 23.8 Å². The van der Waals surface area contributed by atoms with Crippen molar-refractivity contribution in [3.05, 3.63) is 39.4 Å². The minimum Gasteiger partial charge on any atom is -0.419 e. The van der Waals surface area contributed by atoms with Crippen LogP contribution in [0, 0.1) is 10.1 Å². The molecule has 2 aliphatic rings. The van der Waals surface area contributed by atoms with Gasteiger partial charge in [0.25, 0.3) is 11.5 Å². The first-order valence-corrected chi connectivity index (χ1v) is 8.45. The molecule has 1 aliphatic heterocycles. The fraction of sp³-hybridized carbons (Fsp3) is 0.444. The van der Waals surface area contributed by atoms with Gasteiger partial charge in [0.15, 0.2) is 0 Å². The lowest BCUT2D eigenvalue weighted by Crippen LogP contribution is -2.47. The molecule has 1 saturated heterocycles. The highest BCUT2D eigenvalue weighted by molar-refractivity contribution is 6.19. The van der Waals surface area contributed by atoms with Crippen LogP contribution in [0.4, 0.5) is 11.4 Å². The maximum Gasteiger partial charge on any atom is 0.348 e. The third kappa shape index (κ3) is 3.40. The van der Waals surface area contributed by atoms with E-state index >= 15 is 0 Å². The molecule has 1 heterocycles. The number of non-ortho nitro benzene ring substituents is 1. The minimum absolute atomic E-state index is 0.135. The second kappa shape index (κ2) is 6.78. The Bertz CT molecular complexity index is 771. The molecule has 0 unspecified atom stereocenters. The molecular formula is C18H20N2O6. The largest absolute Gasteiger partial charge is 0.419 e. The Morgan fingerprint density at radius 3 is 2.27 bits per heavy atom. The number of hydrogen-bond acceptors (Lipinski definition) is 7. The number of nitro benzene ring substituents is 1. The van der Waals surface area contributed by atoms with Gasteiger partial charge in [-0.3, -0.25) is 10.1 Å². The van der Waals surface area contributed by atoms with Gasteiger partial charge in [-0.05, 0) is 25.0 Å². The number of hydrogen-bond donors (Lipinski definition) is 0. The van der Waals surface area contributed by atoms with Gasteiger partial charge in [-0.25, -0.2) is 9.59 Å². The summed E-state index contributed by atoms with van der Waals surface area (Å²) in [5.74, 6) is -2.66. The lowest BCUT2D eigenvalue weighted by molar-refractivity contribution is -0.384. The van der Waals surface area contributed by atoms with Gasteiger partial charge in [-0.2, -0.15) is 0 Å². The van der Waals surface area contributed by atoms with Crippen molar-refractivity contribution in [3.8, 4) is 0 Å². The van der Waals surface area contributed by atoms with E-state index in [-0.39, 0.29) is 11.3 Å². The third-order valence-electron chi connectivity index (χ3n) is 4.62. The van der Waals surface area contributed by atoms with Crippen LogP contribution in [-0.2, 0) is 19.1 Å². The summed E-state index contributed by atoms with van der Waals surface area (Å²) in [6.07, 6.45) is 4.96. The molecule has 2 fully saturated rings. The van der Waals surface area contributed by atoms with Crippen molar-refractivity contribution in [1.82, 2.24) is 0 Å². The Morgan fingerprint density at radius 2 is 1.73 bits per heavy atom. The van der Waals surface area contributed by atoms with Crippen LogP contribution in [0.2, 0.25) is 0 Å². The number of anilines is 1. The second-order valence-corrected chi connectivity index (χ2v) is 6.70. The standard InChI is InChI=1S/C18H20N2O6/c1-19(2)15-7-6-13(20(23)24)10-12(15)11-14-16(21)25-18(26-17(14)22)8-4-3-5-9-18/h6-7,10-11H,3-5,8-9H2,1-2H3. The predicted molar refractivity (Wildman–Crippen MR) is 93.4 cm³/mol. The number of benzene rings is 1. The average Bonchev–Trinajstić information content (AvgIpc) is 2.58. The summed E-state index contributed by atoms with van der Waals surface area (Å²) in [5, 5.41) is 11.0. The first kappa shape index (κ1) is 17.9. The van der Waals surface area contributed by atoms with Gasteiger partial charge in [0.05, 0.1) is 4.92 Å². The molecule has 1 spiro atoms. The maximum atomic E-state index is 12.4. The number of rotatable bonds is 3. The molecule has 26 heavy (non-hydrogen) atoms. The molecular weight excluding hydrogens is 340 g/mol. The zero-order chi connectivity index (χ0) is 18.9. The smallest absolute Gasteiger partial charge is 0.348 e. The van der Waals surface area contributed by atoms with E-state index in [4.69, 9.17) is 9.47 Å². The number of ether oxygens (including phenoxy) is 2. The van der Waals surface area contributed by atoms with Crippen LogP contribution in [0.25, 0.3) is 6.08 Å². The van der Waals surface area contributed by atoms with Crippen LogP contribution in [-0.4, -0.2) is 36.7 Å². The molecule has 0 amide bonds. The molecule has 0 N–H and O–H groups in total. The van der Waals surface area contributed by atoms with Gasteiger partial charge in [0.1, 0.15) is 5.57 Å². The summed E-state index contributed by atoms with van der Waals surface area (Å²) >= 11 is 0. The van der Waals surface area contributed by atoms with Crippen molar-refractivity contribution in [1.29, 1.82) is 0 Å². The van der Waals surface area contributed by atoms with Crippen LogP contribution < -0.4 is 4.90 Å². The number of nitrogens with zero attached hydrogens (tertiary/aromatic N) is 2. The molecule has 8 nitrogen and oxygen atoms in total. The van der Waals surface area contributed by atoms with Gasteiger partial charge in [-0.1, -0.05) is 6.42 Å². The fourth-order valence-corrected chi connectivity index (χ4v) is 3.30. The molecule has 1 aromatic rings. The average molecular weight is 360 g/mol. The monoisotopic (exact) mass is 360 g/mol. The maximum absolute atomic E-state index is 12.4. The molecule has 0 bridgehead atoms. The van der Waals surface area contributed by atoms with Gasteiger partial charge < -0.3 is 14.4 Å². The van der Waals surface area contributed by atoms with E-state index in [1.54, 1.807) is 25.1 Å². The summed E-state index contributed by atoms with van der Waals surface area (Å²) in [7, 11) is 3.52. The van der Waals surface area contributed by atoms with E-state index < -0.39 is 22.6 Å². The first-order chi connectivity index (χ1) is 12.3. The van der Waals surface area contributed by atoms with Gasteiger partial charge in [0.2, 0.25) is 0 Å². The van der Waals surface area contributed by atoms with E-state index in [1.807, 2.05) is 0 Å². The molecule has 138 valence electrons. The lowest BCUT2D eigenvalue weighted by atomic mass is 9.93. The molecule has 8 heteroatoms. The Balaban J connectivity index is 1.97. The highest BCUT2D eigenvalue weighted by Gasteiger charge is 2.46. The highest BCUT2D eigenvalue weighted by atomic mass is 16.7. The molecule has 3 rings (SSSR count). The van der Waals surface area contributed by atoms with Crippen molar-refractivity contribution in [2.24, 2.45) is 0 Å². The molecule has 0 atom stereocenters. The second-order valence-electron chi connectivity index (χ2n) is 6.70. The van der Waals surface area contributed by atoms with E-state index in [1.165, 1.54) is 18.2 Å². The summed E-state index contributed by atoms with van der Waals surface area (Å²) in [4.78, 5) is 37.1. The number of nitro groups is 1. The summed E-state index contributed by atoms with van der Waals surface area (Å²) < 4.78 is 10.9. The van der Waals surface area contributed by atoms with Gasteiger partial charge in [-0.15, -0.1) is 0 Å². The Hall–Kier alpha value is -2.90. The number of carbonyl (C=O) groups excluding carboxylic acids is 2. The normalized spacial score (nSPS) is 18.9. The van der Waals surface area contributed by atoms with Crippen molar-refractivity contribution < 1.29 is 24.0 Å². The topological polar surface area (TPSA) is 99.0 Å². The van der Waals surface area contributed by atoms with Gasteiger partial charge in [0, 0.05) is 50.3 Å². The van der Waals surface area contributed by atoms with Gasteiger partial charge >= 0.3 is 11.9 Å². The fourth-order valence-electron chi connectivity index (χ4n) is 3.30. The van der Waals surface area contributed by atoms with E-state index in [0.717, 1.165) is 19.3 Å². The van der Waals surface area contributed by atoms with E-state index in [9.17, 15) is 19.7 Å². The predicted octanol–water partition coefficient (Wildman–Crippen LogP) is 2.80. The van der Waals surface area contributed by atoms with Crippen LogP contribution in [0.5, 0.6) is 0 Å². The zero-order valence-corrected chi connectivity index (χ0v) is 14.7. The van der Waals surface area contributed by atoms with E-state index in [2.05, 4.69) is 0 Å². The van der Waals surface area contributed by atoms with Crippen LogP contribution >= 0.6 is 0 Å². The number of esters is 2. The molecule has 1 aromatic carbocycles. The van der Waals surface area contributed by atoms with Crippen molar-refractivity contribution >= 4 is 29.4 Å². The highest BCUT2D eigenvalue weighted by Crippen LogP contribution is 2.38. The number of carbonyl (C=O) groups is 2. The summed E-state index contributed by atoms with van der Waals surface area (Å²) in [6.45, 7) is 0. The quantitative estimate of drug-likeness (QED) is 0.269. The van der Waals surface area contributed by atoms with Crippen molar-refractivity contribution in [2.45, 2.75) is 37.9 Å². The molecule has 0 radical (unpaired) electrons. The Morgan fingerprint density at radius 1 is 1.12 bits per heavy atom. The molecule has 1 aliphatic carbocycles. The van der Waals surface area contributed by atoms with Crippen LogP contribution in [0.3, 0.4) is 0 Å². The van der Waals surface area contributed by atoms with Crippen molar-refractivity contribution in [3.63, 3.8) is 0 Å². The zero-order valence-electron chi connectivity index (χ0n) is 14.7. The molecule has 1 saturated carbocycles.